The molecule has 6 rings (SSSR count). The third-order valence-electron chi connectivity index (χ3n) is 12.6. The van der Waals surface area contributed by atoms with Gasteiger partial charge in [-0.3, -0.25) is 19.3 Å². The van der Waals surface area contributed by atoms with Gasteiger partial charge in [0.05, 0.1) is 31.2 Å². The molecule has 0 saturated carbocycles. The Labute approximate surface area is 355 Å². The van der Waals surface area contributed by atoms with Crippen LogP contribution in [-0.4, -0.2) is 77.3 Å². The number of carbonyl (C=O) groups excluding carboxylic acids is 2. The molecule has 1 saturated heterocycles. The monoisotopic (exact) mass is 831 g/mol. The summed E-state index contributed by atoms with van der Waals surface area (Å²) in [6.07, 6.45) is 5.47. The number of allylic oxidation sites excluding steroid dienone is 1. The molecule has 4 atom stereocenters. The second kappa shape index (κ2) is 19.7. The lowest BCUT2D eigenvalue weighted by Gasteiger charge is -2.44. The molecule has 4 aromatic carbocycles. The van der Waals surface area contributed by atoms with Crippen LogP contribution in [-0.2, 0) is 18.8 Å². The lowest BCUT2D eigenvalue weighted by Crippen LogP contribution is -2.66. The average molecular weight is 832 g/mol. The summed E-state index contributed by atoms with van der Waals surface area (Å²) < 4.78 is 7.42. The highest BCUT2D eigenvalue weighted by Gasteiger charge is 2.56. The maximum Gasteiger partial charge on any atom is 0.303 e. The molecule has 4 aromatic rings. The summed E-state index contributed by atoms with van der Waals surface area (Å²) in [6.45, 7) is 8.60. The van der Waals surface area contributed by atoms with E-state index in [1.807, 2.05) is 66.7 Å². The number of carboxylic acids is 1. The van der Waals surface area contributed by atoms with E-state index in [0.29, 0.717) is 37.7 Å². The van der Waals surface area contributed by atoms with Crippen molar-refractivity contribution in [1.29, 1.82) is 0 Å². The highest BCUT2D eigenvalue weighted by Crippen LogP contribution is 2.47. The predicted molar refractivity (Wildman–Crippen MR) is 239 cm³/mol. The fraction of sp³-hybridized carbons (Fsp3) is 0.420. The van der Waals surface area contributed by atoms with Gasteiger partial charge in [-0.25, -0.2) is 0 Å². The lowest BCUT2D eigenvalue weighted by molar-refractivity contribution is -0.141. The summed E-state index contributed by atoms with van der Waals surface area (Å²) in [4.78, 5) is 40.8. The number of aliphatic carboxylic acids is 1. The molecule has 1 fully saturated rings. The summed E-state index contributed by atoms with van der Waals surface area (Å²) in [6, 6.07) is 31.9. The van der Waals surface area contributed by atoms with E-state index in [0.717, 1.165) is 50.7 Å². The maximum absolute atomic E-state index is 14.2. The largest absolute Gasteiger partial charge is 0.507 e. The summed E-state index contributed by atoms with van der Waals surface area (Å²) in [7, 11) is -3.07. The second-order valence-electron chi connectivity index (χ2n) is 17.5. The van der Waals surface area contributed by atoms with Crippen LogP contribution in [0, 0.1) is 17.8 Å². The summed E-state index contributed by atoms with van der Waals surface area (Å²) >= 11 is 0. The smallest absolute Gasteiger partial charge is 0.303 e. The molecule has 2 amide bonds. The highest BCUT2D eigenvalue weighted by atomic mass is 28.4. The molecule has 1 heterocycles. The highest BCUT2D eigenvalue weighted by molar-refractivity contribution is 6.99. The Hall–Kier alpha value is -4.87. The predicted octanol–water partition coefficient (Wildman–Crippen LogP) is 8.00. The average Bonchev–Trinajstić information content (AvgIpc) is 3.47. The number of nitrogens with zero attached hydrogens (tertiary/aromatic N) is 1. The van der Waals surface area contributed by atoms with Crippen molar-refractivity contribution in [3.8, 4) is 5.75 Å². The number of likely N-dealkylation sites (tertiary alicyclic amines) is 1. The van der Waals surface area contributed by atoms with Gasteiger partial charge < -0.3 is 24.9 Å². The number of phenols is 1. The number of unbranched alkanes of at least 4 members (excludes halogenated alkanes) is 2. The van der Waals surface area contributed by atoms with E-state index in [1.54, 1.807) is 6.07 Å². The van der Waals surface area contributed by atoms with Crippen molar-refractivity contribution in [2.45, 2.75) is 96.6 Å². The molecule has 0 unspecified atom stereocenters. The van der Waals surface area contributed by atoms with Gasteiger partial charge in [0, 0.05) is 24.3 Å². The first-order valence-electron chi connectivity index (χ1n) is 21.5. The molecule has 9 nitrogen and oxygen atoms in total. The third-order valence-corrected chi connectivity index (χ3v) is 17.6. The molecule has 318 valence electrons. The van der Waals surface area contributed by atoms with E-state index in [9.17, 15) is 29.7 Å². The topological polar surface area (TPSA) is 145 Å². The van der Waals surface area contributed by atoms with Crippen molar-refractivity contribution in [2.24, 2.45) is 17.8 Å². The van der Waals surface area contributed by atoms with Gasteiger partial charge in [0.2, 0.25) is 11.8 Å². The van der Waals surface area contributed by atoms with Gasteiger partial charge in [0.1, 0.15) is 5.75 Å². The van der Waals surface area contributed by atoms with E-state index in [1.165, 1.54) is 4.90 Å². The zero-order valence-electron chi connectivity index (χ0n) is 35.5. The Bertz CT molecular complexity index is 2150. The molecule has 60 heavy (non-hydrogen) atoms. The van der Waals surface area contributed by atoms with E-state index in [4.69, 9.17) is 9.53 Å². The Balaban J connectivity index is 1.38. The van der Waals surface area contributed by atoms with Crippen molar-refractivity contribution in [1.82, 2.24) is 4.90 Å². The fourth-order valence-corrected chi connectivity index (χ4v) is 14.3. The summed E-state index contributed by atoms with van der Waals surface area (Å²) in [5.41, 5.74) is 3.46. The number of imide groups is 1. The molecule has 0 radical (unpaired) electrons. The van der Waals surface area contributed by atoms with Gasteiger partial charge in [-0.15, -0.1) is 0 Å². The number of rotatable bonds is 19. The number of phenolic OH excluding ortho intramolecular Hbond substituents is 1. The number of hydrogen-bond acceptors (Lipinski definition) is 7. The first-order valence-corrected chi connectivity index (χ1v) is 23.5. The van der Waals surface area contributed by atoms with Crippen LogP contribution in [0.1, 0.15) is 91.0 Å². The van der Waals surface area contributed by atoms with E-state index >= 15 is 0 Å². The third kappa shape index (κ3) is 9.37. The van der Waals surface area contributed by atoms with Crippen LogP contribution in [0.5, 0.6) is 5.75 Å². The number of aliphatic hydroxyl groups is 2. The number of aliphatic hydroxyl groups excluding tert-OH is 2. The van der Waals surface area contributed by atoms with Crippen LogP contribution in [0.25, 0.3) is 16.8 Å². The lowest BCUT2D eigenvalue weighted by atomic mass is 9.68. The quantitative estimate of drug-likeness (QED) is 0.0322. The Morgan fingerprint density at radius 1 is 0.850 bits per heavy atom. The Morgan fingerprint density at radius 2 is 1.48 bits per heavy atom. The van der Waals surface area contributed by atoms with Crippen LogP contribution in [0.4, 0.5) is 0 Å². The molecule has 0 spiro atoms. The Kier molecular flexibility index (Phi) is 14.6. The summed E-state index contributed by atoms with van der Waals surface area (Å²) in [5.74, 6) is -3.60. The maximum atomic E-state index is 14.2. The van der Waals surface area contributed by atoms with Crippen LogP contribution in [0.2, 0.25) is 5.04 Å². The SMILES string of the molecule is CCC/C(=C\c1ccc(O)c2ccccc12)CC[C@@H](O)C1=C(CO[Si](c2ccccc2)(c2ccccc2)C(C)(C)C)C[C@H]2C(=O)N(CCCCCC(=O)O)C(=O)[C@H]2[C@H]1CO. The van der Waals surface area contributed by atoms with E-state index in [-0.39, 0.29) is 48.6 Å². The van der Waals surface area contributed by atoms with Crippen molar-refractivity contribution in [3.05, 3.63) is 119 Å². The normalized spacial score (nSPS) is 19.3. The van der Waals surface area contributed by atoms with Crippen LogP contribution >= 0.6 is 0 Å². The molecule has 2 aliphatic rings. The molecule has 10 heteroatoms. The van der Waals surface area contributed by atoms with Crippen molar-refractivity contribution in [3.63, 3.8) is 0 Å². The van der Waals surface area contributed by atoms with Gasteiger partial charge in [-0.05, 0) is 82.1 Å². The number of benzene rings is 4. The van der Waals surface area contributed by atoms with E-state index in [2.05, 4.69) is 58.0 Å². The zero-order chi connectivity index (χ0) is 43.0. The molecule has 1 aliphatic heterocycles. The minimum atomic E-state index is -3.07. The molecule has 0 aromatic heterocycles. The van der Waals surface area contributed by atoms with Crippen LogP contribution in [0.15, 0.2) is 114 Å². The van der Waals surface area contributed by atoms with Gasteiger partial charge in [-0.2, -0.15) is 0 Å². The van der Waals surface area contributed by atoms with Crippen molar-refractivity contribution < 1.29 is 39.2 Å². The minimum Gasteiger partial charge on any atom is -0.507 e. The number of carbonyl (C=O) groups is 3. The number of amides is 2. The first kappa shape index (κ1) is 44.7. The number of fused-ring (bicyclic) bond motifs is 2. The number of hydrogen-bond donors (Lipinski definition) is 4. The fourth-order valence-electron chi connectivity index (χ4n) is 9.78. The van der Waals surface area contributed by atoms with Crippen LogP contribution in [0.3, 0.4) is 0 Å². The molecule has 1 aliphatic carbocycles. The van der Waals surface area contributed by atoms with E-state index < -0.39 is 44.8 Å². The number of aromatic hydroxyl groups is 1. The summed E-state index contributed by atoms with van der Waals surface area (Å²) in [5, 5.41) is 46.8. The van der Waals surface area contributed by atoms with Gasteiger partial charge in [0.25, 0.3) is 8.32 Å². The molecule has 4 N–H and O–H groups in total. The van der Waals surface area contributed by atoms with Crippen LogP contribution < -0.4 is 10.4 Å². The molecular weight excluding hydrogens is 771 g/mol. The van der Waals surface area contributed by atoms with Crippen molar-refractivity contribution >= 4 is 53.3 Å². The zero-order valence-corrected chi connectivity index (χ0v) is 36.5. The number of carboxylic acid groups (broad SMARTS) is 1. The van der Waals surface area contributed by atoms with Gasteiger partial charge in [-0.1, -0.05) is 143 Å². The molecular formula is C50H61NO8Si. The second-order valence-corrected chi connectivity index (χ2v) is 21.8. The van der Waals surface area contributed by atoms with Gasteiger partial charge in [0.15, 0.2) is 0 Å². The minimum absolute atomic E-state index is 0.0281. The first-order chi connectivity index (χ1) is 28.8. The standard InChI is InChI=1S/C50H61NO8Si/c1-5-17-34(30-35-26-28-43(53)40-23-15-14-22-39(35)40)25-27-44(54)46-36(31-41-47(42(46)32-52)49(58)51(48(41)57)29-16-8-13-24-45(55)56)33-59-60(50(2,3)4,37-18-9-6-10-19-37)38-20-11-7-12-21-38/h6-7,9-12,14-15,18-23,26,28,30,41-42,44,47,52-54H,5,8,13,16-17,24-25,27,29,31-33H2,1-4H3,(H,55,56)/b34-30+/t41-,42+,44-,47-/m1/s1. The Morgan fingerprint density at radius 3 is 2.08 bits per heavy atom. The molecule has 0 bridgehead atoms. The van der Waals surface area contributed by atoms with Crippen molar-refractivity contribution in [2.75, 3.05) is 19.8 Å². The van der Waals surface area contributed by atoms with Gasteiger partial charge >= 0.3 is 5.97 Å².